The van der Waals surface area contributed by atoms with Gasteiger partial charge in [0.1, 0.15) is 5.82 Å². The van der Waals surface area contributed by atoms with Gasteiger partial charge in [-0.3, -0.25) is 0 Å². The average Bonchev–Trinajstić information content (AvgIpc) is 3.01. The molecule has 0 saturated carbocycles. The summed E-state index contributed by atoms with van der Waals surface area (Å²) in [6.07, 6.45) is 7.25. The second-order valence-electron chi connectivity index (χ2n) is 5.97. The highest BCUT2D eigenvalue weighted by atomic mass is 16.7. The molecule has 0 aromatic carbocycles. The van der Waals surface area contributed by atoms with Crippen molar-refractivity contribution < 1.29 is 9.47 Å². The van der Waals surface area contributed by atoms with E-state index in [0.29, 0.717) is 13.2 Å². The molecule has 0 bridgehead atoms. The van der Waals surface area contributed by atoms with Crippen molar-refractivity contribution in [3.8, 4) is 0 Å². The Hall–Kier alpha value is -1.40. The average molecular weight is 306 g/mol. The van der Waals surface area contributed by atoms with E-state index in [2.05, 4.69) is 27.1 Å². The summed E-state index contributed by atoms with van der Waals surface area (Å²) in [5.74, 6) is 1.37. The Balaban J connectivity index is 1.54. The van der Waals surface area contributed by atoms with Crippen LogP contribution in [0.3, 0.4) is 0 Å². The molecule has 6 nitrogen and oxygen atoms in total. The maximum absolute atomic E-state index is 5.76. The molecule has 122 valence electrons. The predicted molar refractivity (Wildman–Crippen MR) is 86.1 cm³/mol. The Morgan fingerprint density at radius 2 is 2.00 bits per heavy atom. The number of rotatable bonds is 6. The van der Waals surface area contributed by atoms with E-state index in [1.54, 1.807) is 0 Å². The monoisotopic (exact) mass is 306 g/mol. The third-order valence-electron chi connectivity index (χ3n) is 4.35. The van der Waals surface area contributed by atoms with Gasteiger partial charge >= 0.3 is 0 Å². The van der Waals surface area contributed by atoms with Crippen LogP contribution in [0.1, 0.15) is 39.0 Å². The van der Waals surface area contributed by atoms with Gasteiger partial charge in [0.15, 0.2) is 5.79 Å². The van der Waals surface area contributed by atoms with Gasteiger partial charge in [-0.25, -0.2) is 4.98 Å². The Kier molecular flexibility index (Phi) is 5.10. The zero-order valence-corrected chi connectivity index (χ0v) is 13.4. The normalized spacial score (nSPS) is 20.5. The van der Waals surface area contributed by atoms with Crippen molar-refractivity contribution in [2.24, 2.45) is 0 Å². The second kappa shape index (κ2) is 7.24. The van der Waals surface area contributed by atoms with Gasteiger partial charge in [0.05, 0.1) is 13.2 Å². The summed E-state index contributed by atoms with van der Waals surface area (Å²) >= 11 is 0. The quantitative estimate of drug-likeness (QED) is 0.815. The van der Waals surface area contributed by atoms with Crippen molar-refractivity contribution in [3.63, 3.8) is 0 Å². The third kappa shape index (κ3) is 3.67. The summed E-state index contributed by atoms with van der Waals surface area (Å²) in [5.41, 5.74) is 0. The topological polar surface area (TPSA) is 59.5 Å². The minimum absolute atomic E-state index is 0.341. The Morgan fingerprint density at radius 3 is 2.73 bits per heavy atom. The van der Waals surface area contributed by atoms with E-state index < -0.39 is 0 Å². The molecule has 2 aliphatic rings. The van der Waals surface area contributed by atoms with Gasteiger partial charge in [-0.2, -0.15) is 4.98 Å². The highest BCUT2D eigenvalue weighted by Gasteiger charge is 2.40. The highest BCUT2D eigenvalue weighted by Crippen LogP contribution is 2.32. The van der Waals surface area contributed by atoms with Crippen LogP contribution in [0.4, 0.5) is 11.8 Å². The smallest absolute Gasteiger partial charge is 0.227 e. The molecule has 22 heavy (non-hydrogen) atoms. The van der Waals surface area contributed by atoms with Crippen LogP contribution in [0.5, 0.6) is 0 Å². The first-order valence-electron chi connectivity index (χ1n) is 8.41. The molecule has 0 aliphatic carbocycles. The molecule has 1 N–H and O–H groups in total. The molecular weight excluding hydrogens is 280 g/mol. The fourth-order valence-electron chi connectivity index (χ4n) is 3.02. The molecule has 2 saturated heterocycles. The lowest BCUT2D eigenvalue weighted by molar-refractivity contribution is -0.169. The van der Waals surface area contributed by atoms with Gasteiger partial charge in [-0.1, -0.05) is 19.8 Å². The number of hydrogen-bond acceptors (Lipinski definition) is 6. The van der Waals surface area contributed by atoms with Gasteiger partial charge in [0.2, 0.25) is 5.95 Å². The van der Waals surface area contributed by atoms with Crippen molar-refractivity contribution in [2.75, 3.05) is 43.1 Å². The molecule has 1 spiro atoms. The van der Waals surface area contributed by atoms with Crippen LogP contribution in [-0.2, 0) is 9.47 Å². The highest BCUT2D eigenvalue weighted by molar-refractivity contribution is 5.41. The molecule has 0 amide bonds. The van der Waals surface area contributed by atoms with Crippen LogP contribution in [0, 0.1) is 0 Å². The first-order valence-corrected chi connectivity index (χ1v) is 8.41. The van der Waals surface area contributed by atoms with Crippen LogP contribution >= 0.6 is 0 Å². The predicted octanol–water partition coefficient (Wildman–Crippen LogP) is 2.42. The fraction of sp³-hybridized carbons (Fsp3) is 0.750. The molecule has 2 aliphatic heterocycles. The molecule has 1 aromatic heterocycles. The summed E-state index contributed by atoms with van der Waals surface area (Å²) in [6, 6.07) is 1.93. The van der Waals surface area contributed by atoms with Crippen molar-refractivity contribution in [1.29, 1.82) is 0 Å². The molecule has 3 heterocycles. The Morgan fingerprint density at radius 1 is 1.23 bits per heavy atom. The standard InChI is InChI=1S/C16H26N4O2/c1-2-3-4-8-17-14-5-9-18-15(19-14)20-10-6-16(7-11-20)21-12-13-22-16/h5,9H,2-4,6-8,10-13H2,1H3,(H,17,18,19). The molecular formula is C16H26N4O2. The number of ether oxygens (including phenoxy) is 2. The summed E-state index contributed by atoms with van der Waals surface area (Å²) in [7, 11) is 0. The zero-order valence-electron chi connectivity index (χ0n) is 13.4. The number of unbranched alkanes of at least 4 members (excludes halogenated alkanes) is 2. The van der Waals surface area contributed by atoms with Crippen LogP contribution < -0.4 is 10.2 Å². The molecule has 0 unspecified atom stereocenters. The molecule has 6 heteroatoms. The van der Waals surface area contributed by atoms with Crippen LogP contribution in [0.25, 0.3) is 0 Å². The van der Waals surface area contributed by atoms with Crippen molar-refractivity contribution in [1.82, 2.24) is 9.97 Å². The summed E-state index contributed by atoms with van der Waals surface area (Å²) in [4.78, 5) is 11.3. The summed E-state index contributed by atoms with van der Waals surface area (Å²) < 4.78 is 11.5. The van der Waals surface area contributed by atoms with Gasteiger partial charge in [0, 0.05) is 38.7 Å². The maximum atomic E-state index is 5.76. The van der Waals surface area contributed by atoms with E-state index in [-0.39, 0.29) is 5.79 Å². The largest absolute Gasteiger partial charge is 0.370 e. The Bertz CT molecular complexity index is 467. The van der Waals surface area contributed by atoms with Gasteiger partial charge in [-0.15, -0.1) is 0 Å². The van der Waals surface area contributed by atoms with Gasteiger partial charge in [0.25, 0.3) is 0 Å². The first kappa shape index (κ1) is 15.5. The number of anilines is 2. The SMILES string of the molecule is CCCCCNc1ccnc(N2CCC3(CC2)OCCO3)n1. The van der Waals surface area contributed by atoms with Gasteiger partial charge < -0.3 is 19.7 Å². The van der Waals surface area contributed by atoms with Crippen molar-refractivity contribution >= 4 is 11.8 Å². The maximum Gasteiger partial charge on any atom is 0.227 e. The van der Waals surface area contributed by atoms with E-state index in [1.807, 2.05) is 12.3 Å². The Labute approximate surface area is 132 Å². The summed E-state index contributed by atoms with van der Waals surface area (Å²) in [6.45, 7) is 6.36. The lowest BCUT2D eigenvalue weighted by Gasteiger charge is -2.37. The number of hydrogen-bond donors (Lipinski definition) is 1. The number of piperidine rings is 1. The van der Waals surface area contributed by atoms with Crippen LogP contribution in [0.2, 0.25) is 0 Å². The minimum Gasteiger partial charge on any atom is -0.370 e. The van der Waals surface area contributed by atoms with E-state index in [1.165, 1.54) is 19.3 Å². The number of nitrogens with zero attached hydrogens (tertiary/aromatic N) is 3. The van der Waals surface area contributed by atoms with E-state index in [9.17, 15) is 0 Å². The molecule has 1 aromatic rings. The van der Waals surface area contributed by atoms with Crippen molar-refractivity contribution in [2.45, 2.75) is 44.8 Å². The fourth-order valence-corrected chi connectivity index (χ4v) is 3.02. The van der Waals surface area contributed by atoms with Crippen LogP contribution in [0.15, 0.2) is 12.3 Å². The van der Waals surface area contributed by atoms with E-state index >= 15 is 0 Å². The lowest BCUT2D eigenvalue weighted by Crippen LogP contribution is -2.45. The van der Waals surface area contributed by atoms with Crippen molar-refractivity contribution in [3.05, 3.63) is 12.3 Å². The summed E-state index contributed by atoms with van der Waals surface area (Å²) in [5, 5.41) is 3.38. The molecule has 2 fully saturated rings. The second-order valence-corrected chi connectivity index (χ2v) is 5.97. The molecule has 0 radical (unpaired) electrons. The number of aromatic nitrogens is 2. The minimum atomic E-state index is -0.341. The van der Waals surface area contributed by atoms with Crippen LogP contribution in [-0.4, -0.2) is 48.6 Å². The van der Waals surface area contributed by atoms with Gasteiger partial charge in [-0.05, 0) is 12.5 Å². The zero-order chi connectivity index (χ0) is 15.3. The molecule has 0 atom stereocenters. The van der Waals surface area contributed by atoms with E-state index in [0.717, 1.165) is 44.2 Å². The first-order chi connectivity index (χ1) is 10.8. The third-order valence-corrected chi connectivity index (χ3v) is 4.35. The lowest BCUT2D eigenvalue weighted by atomic mass is 10.0. The number of nitrogens with one attached hydrogen (secondary N) is 1. The molecule has 3 rings (SSSR count). The van der Waals surface area contributed by atoms with E-state index in [4.69, 9.17) is 9.47 Å².